The van der Waals surface area contributed by atoms with Gasteiger partial charge in [0.2, 0.25) is 0 Å². The van der Waals surface area contributed by atoms with Crippen molar-refractivity contribution in [3.05, 3.63) is 36.1 Å². The normalized spacial score (nSPS) is 21.2. The standard InChI is InChI=1S/C20H28N2O3/c1-20(2,3)18-15(8-6-10-24-18)12-21-19(23)22-13-16-11-14-7-4-5-9-17(14)25-16/h4-5,7,9,11,15,18H,6,8,10,12-13H2,1-3H3,(H2,21,22,23). The van der Waals surface area contributed by atoms with Crippen molar-refractivity contribution in [2.75, 3.05) is 13.2 Å². The van der Waals surface area contributed by atoms with Crippen LogP contribution >= 0.6 is 0 Å². The number of benzene rings is 1. The van der Waals surface area contributed by atoms with Crippen LogP contribution in [-0.2, 0) is 11.3 Å². The minimum Gasteiger partial charge on any atom is -0.459 e. The Morgan fingerprint density at radius 1 is 1.24 bits per heavy atom. The first-order valence-electron chi connectivity index (χ1n) is 9.04. The first kappa shape index (κ1) is 17.8. The lowest BCUT2D eigenvalue weighted by Crippen LogP contribution is -2.46. The molecule has 3 rings (SSSR count). The van der Waals surface area contributed by atoms with Crippen molar-refractivity contribution >= 4 is 17.0 Å². The molecule has 0 spiro atoms. The predicted molar refractivity (Wildman–Crippen MR) is 98.4 cm³/mol. The van der Waals surface area contributed by atoms with Crippen molar-refractivity contribution in [1.29, 1.82) is 0 Å². The van der Waals surface area contributed by atoms with Crippen molar-refractivity contribution in [3.8, 4) is 0 Å². The molecule has 2 aromatic rings. The van der Waals surface area contributed by atoms with Crippen LogP contribution in [0.1, 0.15) is 39.4 Å². The SMILES string of the molecule is CC(C)(C)C1OCCCC1CNC(=O)NCc1cc2ccccc2o1. The minimum atomic E-state index is -0.168. The second-order valence-corrected chi connectivity index (χ2v) is 7.87. The summed E-state index contributed by atoms with van der Waals surface area (Å²) >= 11 is 0. The molecule has 2 heterocycles. The van der Waals surface area contributed by atoms with Crippen molar-refractivity contribution in [2.24, 2.45) is 11.3 Å². The summed E-state index contributed by atoms with van der Waals surface area (Å²) in [6.45, 7) is 8.40. The van der Waals surface area contributed by atoms with E-state index >= 15 is 0 Å². The fraction of sp³-hybridized carbons (Fsp3) is 0.550. The number of nitrogens with one attached hydrogen (secondary N) is 2. The molecule has 1 aromatic heterocycles. The van der Waals surface area contributed by atoms with E-state index < -0.39 is 0 Å². The number of urea groups is 1. The minimum absolute atomic E-state index is 0.0809. The second-order valence-electron chi connectivity index (χ2n) is 7.87. The maximum Gasteiger partial charge on any atom is 0.315 e. The number of para-hydroxylation sites is 1. The fourth-order valence-corrected chi connectivity index (χ4v) is 3.59. The van der Waals surface area contributed by atoms with Crippen LogP contribution in [0.15, 0.2) is 34.7 Å². The Hall–Kier alpha value is -2.01. The molecular weight excluding hydrogens is 316 g/mol. The van der Waals surface area contributed by atoms with Crippen LogP contribution in [0.2, 0.25) is 0 Å². The Balaban J connectivity index is 1.49. The predicted octanol–water partition coefficient (Wildman–Crippen LogP) is 4.07. The van der Waals surface area contributed by atoms with E-state index in [2.05, 4.69) is 31.4 Å². The van der Waals surface area contributed by atoms with Crippen LogP contribution in [-0.4, -0.2) is 25.3 Å². The van der Waals surface area contributed by atoms with Gasteiger partial charge in [0.25, 0.3) is 0 Å². The average Bonchev–Trinajstić information content (AvgIpc) is 3.00. The molecular formula is C20H28N2O3. The highest BCUT2D eigenvalue weighted by atomic mass is 16.5. The van der Waals surface area contributed by atoms with Crippen molar-refractivity contribution in [3.63, 3.8) is 0 Å². The van der Waals surface area contributed by atoms with Crippen molar-refractivity contribution in [2.45, 2.75) is 46.3 Å². The van der Waals surface area contributed by atoms with E-state index in [1.54, 1.807) is 0 Å². The molecule has 5 heteroatoms. The molecule has 2 N–H and O–H groups in total. The van der Waals surface area contributed by atoms with Gasteiger partial charge in [-0.25, -0.2) is 4.79 Å². The number of amides is 2. The summed E-state index contributed by atoms with van der Waals surface area (Å²) < 4.78 is 11.7. The van der Waals surface area contributed by atoms with Crippen LogP contribution in [0.5, 0.6) is 0 Å². The summed E-state index contributed by atoms with van der Waals surface area (Å²) in [5, 5.41) is 6.90. The smallest absolute Gasteiger partial charge is 0.315 e. The molecule has 2 amide bonds. The molecule has 2 unspecified atom stereocenters. The van der Waals surface area contributed by atoms with Crippen LogP contribution in [0.3, 0.4) is 0 Å². The summed E-state index contributed by atoms with van der Waals surface area (Å²) in [7, 11) is 0. The van der Waals surface area contributed by atoms with E-state index in [0.29, 0.717) is 19.0 Å². The Kier molecular flexibility index (Phi) is 5.33. The zero-order valence-corrected chi connectivity index (χ0v) is 15.3. The topological polar surface area (TPSA) is 63.5 Å². The van der Waals surface area contributed by atoms with Gasteiger partial charge in [0, 0.05) is 24.5 Å². The summed E-state index contributed by atoms with van der Waals surface area (Å²) in [5.74, 6) is 1.11. The lowest BCUT2D eigenvalue weighted by molar-refractivity contribution is -0.0837. The lowest BCUT2D eigenvalue weighted by atomic mass is 9.78. The average molecular weight is 344 g/mol. The number of ether oxygens (including phenoxy) is 1. The molecule has 0 bridgehead atoms. The highest BCUT2D eigenvalue weighted by Gasteiger charge is 2.35. The number of carbonyl (C=O) groups excluding carboxylic acids is 1. The first-order chi connectivity index (χ1) is 11.9. The molecule has 25 heavy (non-hydrogen) atoms. The van der Waals surface area contributed by atoms with Gasteiger partial charge in [-0.1, -0.05) is 39.0 Å². The van der Waals surface area contributed by atoms with Crippen LogP contribution in [0, 0.1) is 11.3 Å². The van der Waals surface area contributed by atoms with Gasteiger partial charge in [0.05, 0.1) is 12.6 Å². The molecule has 1 aliphatic rings. The van der Waals surface area contributed by atoms with E-state index in [1.165, 1.54) is 0 Å². The van der Waals surface area contributed by atoms with Gasteiger partial charge in [-0.2, -0.15) is 0 Å². The van der Waals surface area contributed by atoms with Gasteiger partial charge in [-0.3, -0.25) is 0 Å². The molecule has 136 valence electrons. The summed E-state index contributed by atoms with van der Waals surface area (Å²) in [6.07, 6.45) is 2.32. The van der Waals surface area contributed by atoms with Gasteiger partial charge in [0.15, 0.2) is 0 Å². The molecule has 1 aromatic carbocycles. The number of rotatable bonds is 4. The fourth-order valence-electron chi connectivity index (χ4n) is 3.59. The van der Waals surface area contributed by atoms with Gasteiger partial charge >= 0.3 is 6.03 Å². The number of fused-ring (bicyclic) bond motifs is 1. The Morgan fingerprint density at radius 3 is 2.80 bits per heavy atom. The number of furan rings is 1. The van der Waals surface area contributed by atoms with Gasteiger partial charge in [-0.15, -0.1) is 0 Å². The molecule has 0 radical (unpaired) electrons. The number of hydrogen-bond donors (Lipinski definition) is 2. The molecule has 1 saturated heterocycles. The first-order valence-corrected chi connectivity index (χ1v) is 9.04. The second kappa shape index (κ2) is 7.48. The van der Waals surface area contributed by atoms with Crippen molar-refractivity contribution < 1.29 is 13.9 Å². The van der Waals surface area contributed by atoms with Gasteiger partial charge in [-0.05, 0) is 30.4 Å². The zero-order chi connectivity index (χ0) is 17.9. The monoisotopic (exact) mass is 344 g/mol. The lowest BCUT2D eigenvalue weighted by Gasteiger charge is -2.40. The molecule has 1 fully saturated rings. The highest BCUT2D eigenvalue weighted by molar-refractivity contribution is 5.78. The van der Waals surface area contributed by atoms with Gasteiger partial charge in [0.1, 0.15) is 11.3 Å². The zero-order valence-electron chi connectivity index (χ0n) is 15.3. The van der Waals surface area contributed by atoms with Gasteiger partial charge < -0.3 is 19.8 Å². The van der Waals surface area contributed by atoms with Crippen LogP contribution in [0.25, 0.3) is 11.0 Å². The van der Waals surface area contributed by atoms with Crippen LogP contribution in [0.4, 0.5) is 4.79 Å². The van der Waals surface area contributed by atoms with Crippen LogP contribution < -0.4 is 10.6 Å². The highest BCUT2D eigenvalue weighted by Crippen LogP contribution is 2.33. The van der Waals surface area contributed by atoms with E-state index in [-0.39, 0.29) is 17.6 Å². The molecule has 2 atom stereocenters. The third-order valence-corrected chi connectivity index (χ3v) is 4.72. The van der Waals surface area contributed by atoms with Crippen molar-refractivity contribution in [1.82, 2.24) is 10.6 Å². The quantitative estimate of drug-likeness (QED) is 0.879. The summed E-state index contributed by atoms with van der Waals surface area (Å²) in [4.78, 5) is 12.1. The van der Waals surface area contributed by atoms with E-state index in [9.17, 15) is 4.79 Å². The third-order valence-electron chi connectivity index (χ3n) is 4.72. The Bertz CT molecular complexity index is 684. The van der Waals surface area contributed by atoms with E-state index in [0.717, 1.165) is 36.2 Å². The third kappa shape index (κ3) is 4.54. The number of carbonyl (C=O) groups is 1. The van der Waals surface area contributed by atoms with E-state index in [1.807, 2.05) is 30.3 Å². The van der Waals surface area contributed by atoms with E-state index in [4.69, 9.17) is 9.15 Å². The molecule has 0 aliphatic carbocycles. The Morgan fingerprint density at radius 2 is 2.04 bits per heavy atom. The Labute approximate surface area is 149 Å². The molecule has 0 saturated carbocycles. The maximum atomic E-state index is 12.1. The molecule has 1 aliphatic heterocycles. The molecule has 5 nitrogen and oxygen atoms in total. The summed E-state index contributed by atoms with van der Waals surface area (Å²) in [6, 6.07) is 9.62. The number of hydrogen-bond acceptors (Lipinski definition) is 3. The summed E-state index contributed by atoms with van der Waals surface area (Å²) in [5.41, 5.74) is 0.921. The largest absolute Gasteiger partial charge is 0.459 e. The maximum absolute atomic E-state index is 12.1.